The van der Waals surface area contributed by atoms with E-state index < -0.39 is 0 Å². The van der Waals surface area contributed by atoms with E-state index in [2.05, 4.69) is 57.3 Å². The lowest BCUT2D eigenvalue weighted by molar-refractivity contribution is 0.138. The number of aromatic nitrogens is 3. The number of fused-ring (bicyclic) bond motifs is 3. The summed E-state index contributed by atoms with van der Waals surface area (Å²) >= 11 is 7.15. The van der Waals surface area contributed by atoms with Crippen LogP contribution in [0.2, 0.25) is 0 Å². The maximum atomic E-state index is 7.15. The molecular weight excluding hydrogens is 384 g/mol. The quantitative estimate of drug-likeness (QED) is 0.642. The highest BCUT2D eigenvalue weighted by Crippen LogP contribution is 2.44. The molecule has 1 aromatic heterocycles. The minimum Gasteiger partial charge on any atom is -0.490 e. The van der Waals surface area contributed by atoms with Crippen molar-refractivity contribution in [3.63, 3.8) is 0 Å². The standard InChI is InChI=1S/C23H25ClN4O/c1-16-3-2-4-20(11-16)29-19-7-9-23(24,10-8-19)18-5-6-21-17(12-18)13-25-14-22-27-26-15-28(21)22/h2-6,11-12,15,19,25H,7-10,13-14H2,1H3. The van der Waals surface area contributed by atoms with Gasteiger partial charge in [-0.3, -0.25) is 4.57 Å². The topological polar surface area (TPSA) is 52.0 Å². The van der Waals surface area contributed by atoms with E-state index in [4.69, 9.17) is 16.3 Å². The Hall–Kier alpha value is -2.37. The Labute approximate surface area is 176 Å². The zero-order valence-corrected chi connectivity index (χ0v) is 17.3. The normalized spacial score (nSPS) is 23.7. The maximum Gasteiger partial charge on any atom is 0.151 e. The number of alkyl halides is 1. The summed E-state index contributed by atoms with van der Waals surface area (Å²) in [5, 5.41) is 11.7. The molecular formula is C23H25ClN4O. The first-order valence-electron chi connectivity index (χ1n) is 10.3. The van der Waals surface area contributed by atoms with E-state index in [-0.39, 0.29) is 11.0 Å². The largest absolute Gasteiger partial charge is 0.490 e. The second-order valence-electron chi connectivity index (χ2n) is 8.16. The zero-order valence-electron chi connectivity index (χ0n) is 16.6. The highest BCUT2D eigenvalue weighted by Gasteiger charge is 2.36. The number of ether oxygens (including phenoxy) is 1. The molecule has 0 atom stereocenters. The van der Waals surface area contributed by atoms with E-state index in [1.807, 2.05) is 12.1 Å². The first-order valence-corrected chi connectivity index (χ1v) is 10.6. The maximum absolute atomic E-state index is 7.15. The molecule has 1 saturated carbocycles. The molecule has 5 rings (SSSR count). The van der Waals surface area contributed by atoms with Gasteiger partial charge < -0.3 is 10.1 Å². The molecule has 2 aromatic carbocycles. The lowest BCUT2D eigenvalue weighted by Crippen LogP contribution is -2.31. The zero-order chi connectivity index (χ0) is 19.8. The Balaban J connectivity index is 1.32. The number of aryl methyl sites for hydroxylation is 1. The average Bonchev–Trinajstić information content (AvgIpc) is 3.11. The fourth-order valence-corrected chi connectivity index (χ4v) is 4.80. The van der Waals surface area contributed by atoms with Crippen molar-refractivity contribution >= 4 is 11.6 Å². The van der Waals surface area contributed by atoms with E-state index in [1.165, 1.54) is 16.7 Å². The van der Waals surface area contributed by atoms with Crippen molar-refractivity contribution in [3.05, 3.63) is 71.3 Å². The molecule has 0 amide bonds. The van der Waals surface area contributed by atoms with Crippen molar-refractivity contribution in [1.29, 1.82) is 0 Å². The van der Waals surface area contributed by atoms with Gasteiger partial charge in [0.2, 0.25) is 0 Å². The molecule has 2 heterocycles. The van der Waals surface area contributed by atoms with E-state index in [0.717, 1.165) is 49.5 Å². The molecule has 0 radical (unpaired) electrons. The highest BCUT2D eigenvalue weighted by atomic mass is 35.5. The second kappa shape index (κ2) is 7.47. The van der Waals surface area contributed by atoms with Gasteiger partial charge in [0.1, 0.15) is 12.1 Å². The minimum atomic E-state index is -0.330. The van der Waals surface area contributed by atoms with Gasteiger partial charge in [-0.1, -0.05) is 24.3 Å². The van der Waals surface area contributed by atoms with Crippen LogP contribution in [0.25, 0.3) is 5.69 Å². The Morgan fingerprint density at radius 1 is 1.14 bits per heavy atom. The smallest absolute Gasteiger partial charge is 0.151 e. The van der Waals surface area contributed by atoms with Crippen LogP contribution < -0.4 is 10.1 Å². The lowest BCUT2D eigenvalue weighted by atomic mass is 9.81. The molecule has 5 nitrogen and oxygen atoms in total. The predicted octanol–water partition coefficient (Wildman–Crippen LogP) is 4.63. The summed E-state index contributed by atoms with van der Waals surface area (Å²) in [6.07, 6.45) is 5.76. The van der Waals surface area contributed by atoms with Crippen molar-refractivity contribution in [3.8, 4) is 11.4 Å². The SMILES string of the molecule is Cc1cccc(OC2CCC(Cl)(c3ccc4c(c3)CNCc3nncn3-4)CC2)c1. The van der Waals surface area contributed by atoms with E-state index >= 15 is 0 Å². The van der Waals surface area contributed by atoms with Crippen LogP contribution in [-0.2, 0) is 18.0 Å². The number of hydrogen-bond acceptors (Lipinski definition) is 4. The number of halogens is 1. The molecule has 0 spiro atoms. The van der Waals surface area contributed by atoms with Crippen LogP contribution in [0, 0.1) is 6.92 Å². The van der Waals surface area contributed by atoms with Crippen LogP contribution in [0.4, 0.5) is 0 Å². The second-order valence-corrected chi connectivity index (χ2v) is 8.89. The van der Waals surface area contributed by atoms with Crippen molar-refractivity contribution in [2.24, 2.45) is 0 Å². The molecule has 0 unspecified atom stereocenters. The van der Waals surface area contributed by atoms with Gasteiger partial charge in [0.15, 0.2) is 5.82 Å². The molecule has 29 heavy (non-hydrogen) atoms. The molecule has 6 heteroatoms. The number of hydrogen-bond donors (Lipinski definition) is 1. The third-order valence-corrected chi connectivity index (χ3v) is 6.69. The van der Waals surface area contributed by atoms with Gasteiger partial charge in [-0.15, -0.1) is 21.8 Å². The number of rotatable bonds is 3. The van der Waals surface area contributed by atoms with Crippen molar-refractivity contribution < 1.29 is 4.74 Å². The number of nitrogens with zero attached hydrogens (tertiary/aromatic N) is 3. The third kappa shape index (κ3) is 3.65. The monoisotopic (exact) mass is 408 g/mol. The molecule has 0 bridgehead atoms. The van der Waals surface area contributed by atoms with Crippen LogP contribution in [0.3, 0.4) is 0 Å². The summed E-state index contributed by atoms with van der Waals surface area (Å²) < 4.78 is 8.28. The fraction of sp³-hybridized carbons (Fsp3) is 0.391. The number of benzene rings is 2. The molecule has 1 aliphatic carbocycles. The first-order chi connectivity index (χ1) is 14.1. The van der Waals surface area contributed by atoms with Crippen LogP contribution in [0.5, 0.6) is 5.75 Å². The van der Waals surface area contributed by atoms with Gasteiger partial charge in [0, 0.05) is 6.54 Å². The first kappa shape index (κ1) is 18.6. The number of nitrogens with one attached hydrogen (secondary N) is 1. The van der Waals surface area contributed by atoms with Crippen LogP contribution >= 0.6 is 11.6 Å². The molecule has 150 valence electrons. The highest BCUT2D eigenvalue weighted by molar-refractivity contribution is 6.24. The third-order valence-electron chi connectivity index (χ3n) is 6.09. The molecule has 1 N–H and O–H groups in total. The van der Waals surface area contributed by atoms with E-state index in [1.54, 1.807) is 6.33 Å². The molecule has 0 saturated heterocycles. The van der Waals surface area contributed by atoms with Crippen LogP contribution in [0.15, 0.2) is 48.8 Å². The van der Waals surface area contributed by atoms with Crippen molar-refractivity contribution in [1.82, 2.24) is 20.1 Å². The van der Waals surface area contributed by atoms with Crippen LogP contribution in [0.1, 0.15) is 48.2 Å². The van der Waals surface area contributed by atoms with E-state index in [9.17, 15) is 0 Å². The Morgan fingerprint density at radius 2 is 2.00 bits per heavy atom. The van der Waals surface area contributed by atoms with Crippen molar-refractivity contribution in [2.45, 2.75) is 56.7 Å². The summed E-state index contributed by atoms with van der Waals surface area (Å²) in [4.78, 5) is -0.330. The average molecular weight is 409 g/mol. The Kier molecular flexibility index (Phi) is 4.80. The molecule has 1 fully saturated rings. The Morgan fingerprint density at radius 3 is 2.83 bits per heavy atom. The lowest BCUT2D eigenvalue weighted by Gasteiger charge is -2.36. The van der Waals surface area contributed by atoms with Gasteiger partial charge in [0.05, 0.1) is 23.2 Å². The summed E-state index contributed by atoms with van der Waals surface area (Å²) in [5.74, 6) is 1.89. The van der Waals surface area contributed by atoms with Gasteiger partial charge in [-0.25, -0.2) is 0 Å². The molecule has 2 aliphatic rings. The summed E-state index contributed by atoms with van der Waals surface area (Å²) in [7, 11) is 0. The van der Waals surface area contributed by atoms with Crippen molar-refractivity contribution in [2.75, 3.05) is 0 Å². The summed E-state index contributed by atoms with van der Waals surface area (Å²) in [5.41, 5.74) is 4.79. The molecule has 1 aliphatic heterocycles. The van der Waals surface area contributed by atoms with E-state index in [0.29, 0.717) is 6.54 Å². The fourth-order valence-electron chi connectivity index (χ4n) is 4.47. The van der Waals surface area contributed by atoms with Crippen LogP contribution in [-0.4, -0.2) is 20.9 Å². The minimum absolute atomic E-state index is 0.228. The van der Waals surface area contributed by atoms with Gasteiger partial charge in [-0.05, 0) is 67.5 Å². The summed E-state index contributed by atoms with van der Waals surface area (Å²) in [6.45, 7) is 3.61. The predicted molar refractivity (Wildman–Crippen MR) is 113 cm³/mol. The van der Waals surface area contributed by atoms with Gasteiger partial charge >= 0.3 is 0 Å². The van der Waals surface area contributed by atoms with Gasteiger partial charge in [-0.2, -0.15) is 0 Å². The van der Waals surface area contributed by atoms with Gasteiger partial charge in [0.25, 0.3) is 0 Å². The molecule has 3 aromatic rings. The summed E-state index contributed by atoms with van der Waals surface area (Å²) in [6, 6.07) is 14.9. The Bertz CT molecular complexity index is 1020.